The molecule has 2 aromatic rings. The van der Waals surface area contributed by atoms with Crippen molar-refractivity contribution < 1.29 is 42.6 Å². The van der Waals surface area contributed by atoms with Crippen molar-refractivity contribution in [3.05, 3.63) is 63.9 Å². The van der Waals surface area contributed by atoms with Gasteiger partial charge in [-0.1, -0.05) is 11.6 Å². The van der Waals surface area contributed by atoms with Gasteiger partial charge in [0.05, 0.1) is 11.1 Å². The Hall–Kier alpha value is -4.19. The van der Waals surface area contributed by atoms with E-state index in [0.717, 1.165) is 12.1 Å². The van der Waals surface area contributed by atoms with E-state index in [-0.39, 0.29) is 16.4 Å². The summed E-state index contributed by atoms with van der Waals surface area (Å²) >= 11 is 5.86. The first-order valence-electron chi connectivity index (χ1n) is 13.0. The standard InChI is InChI=1S/C29H33ClFN3O8/c1-15(35)16-8-10-21-18(11-16)24(34-26(38)17-7-9-20(31)19(30)12-17)25(29(5,6)41-21)40-23(37)14-32-22(36)13-33-27(39)42-28(2,3)4/h7-12,24-25H,13-14H2,1-6H3,(H,32,36)(H,33,39)(H,34,38)/t24-,25+/m1/s1. The Bertz CT molecular complexity index is 1410. The van der Waals surface area contributed by atoms with E-state index in [0.29, 0.717) is 16.9 Å². The molecule has 0 aromatic heterocycles. The zero-order valence-corrected chi connectivity index (χ0v) is 24.8. The molecule has 0 radical (unpaired) electrons. The molecule has 13 heteroatoms. The average Bonchev–Trinajstić information content (AvgIpc) is 2.88. The maximum absolute atomic E-state index is 13.7. The molecule has 1 aliphatic heterocycles. The maximum Gasteiger partial charge on any atom is 0.408 e. The van der Waals surface area contributed by atoms with Crippen LogP contribution >= 0.6 is 11.6 Å². The van der Waals surface area contributed by atoms with Crippen molar-refractivity contribution >= 4 is 41.3 Å². The van der Waals surface area contributed by atoms with Crippen LogP contribution in [0.3, 0.4) is 0 Å². The molecule has 0 fully saturated rings. The highest BCUT2D eigenvalue weighted by atomic mass is 35.5. The minimum atomic E-state index is -1.19. The van der Waals surface area contributed by atoms with Gasteiger partial charge in [-0.25, -0.2) is 9.18 Å². The number of fused-ring (bicyclic) bond motifs is 1. The molecule has 0 spiro atoms. The Balaban J connectivity index is 1.80. The molecular weight excluding hydrogens is 573 g/mol. The number of halogens is 2. The van der Waals surface area contributed by atoms with Gasteiger partial charge >= 0.3 is 12.1 Å². The topological polar surface area (TPSA) is 149 Å². The molecular formula is C29H33ClFN3O8. The van der Waals surface area contributed by atoms with E-state index < -0.39 is 66.1 Å². The number of carbonyl (C=O) groups excluding carboxylic acids is 5. The lowest BCUT2D eigenvalue weighted by molar-refractivity contribution is -0.164. The van der Waals surface area contributed by atoms with Crippen molar-refractivity contribution in [2.24, 2.45) is 0 Å². The van der Waals surface area contributed by atoms with E-state index in [2.05, 4.69) is 16.0 Å². The van der Waals surface area contributed by atoms with Crippen molar-refractivity contribution in [1.82, 2.24) is 16.0 Å². The summed E-state index contributed by atoms with van der Waals surface area (Å²) in [6, 6.07) is 7.11. The Morgan fingerprint density at radius 2 is 1.67 bits per heavy atom. The summed E-state index contributed by atoms with van der Waals surface area (Å²) in [5.74, 6) is -2.78. The fraction of sp³-hybridized carbons (Fsp3) is 0.414. The van der Waals surface area contributed by atoms with Crippen LogP contribution in [-0.2, 0) is 19.1 Å². The van der Waals surface area contributed by atoms with Gasteiger partial charge in [-0.3, -0.25) is 19.2 Å². The molecule has 42 heavy (non-hydrogen) atoms. The van der Waals surface area contributed by atoms with Gasteiger partial charge < -0.3 is 30.2 Å². The third-order valence-corrected chi connectivity index (χ3v) is 6.35. The molecule has 0 saturated heterocycles. The number of ether oxygens (including phenoxy) is 3. The van der Waals surface area contributed by atoms with E-state index in [4.69, 9.17) is 25.8 Å². The lowest BCUT2D eigenvalue weighted by Crippen LogP contribution is -2.56. The molecule has 0 saturated carbocycles. The third-order valence-electron chi connectivity index (χ3n) is 6.06. The maximum atomic E-state index is 13.7. The van der Waals surface area contributed by atoms with Crippen LogP contribution < -0.4 is 20.7 Å². The number of benzene rings is 2. The Labute approximate surface area is 247 Å². The first kappa shape index (κ1) is 32.3. The van der Waals surface area contributed by atoms with Gasteiger partial charge in [-0.15, -0.1) is 0 Å². The zero-order valence-electron chi connectivity index (χ0n) is 24.1. The molecule has 11 nitrogen and oxygen atoms in total. The number of amides is 3. The Morgan fingerprint density at radius 1 is 1.00 bits per heavy atom. The number of nitrogens with one attached hydrogen (secondary N) is 3. The average molecular weight is 606 g/mol. The molecule has 2 aromatic carbocycles. The molecule has 0 aliphatic carbocycles. The minimum absolute atomic E-state index is 0.0461. The Morgan fingerprint density at radius 3 is 2.29 bits per heavy atom. The number of Topliss-reactive ketones (excluding diaryl/α,β-unsaturated/α-hetero) is 1. The van der Waals surface area contributed by atoms with Gasteiger partial charge in [0.15, 0.2) is 11.9 Å². The first-order valence-corrected chi connectivity index (χ1v) is 13.4. The summed E-state index contributed by atoms with van der Waals surface area (Å²) in [4.78, 5) is 62.2. The predicted molar refractivity (Wildman–Crippen MR) is 150 cm³/mol. The molecule has 1 heterocycles. The molecule has 0 bridgehead atoms. The summed E-state index contributed by atoms with van der Waals surface area (Å²) < 4.78 is 30.6. The molecule has 3 amide bonds. The van der Waals surface area contributed by atoms with Crippen LogP contribution in [0.5, 0.6) is 5.75 Å². The molecule has 3 rings (SSSR count). The highest BCUT2D eigenvalue weighted by Gasteiger charge is 2.47. The van der Waals surface area contributed by atoms with Crippen LogP contribution in [0.25, 0.3) is 0 Å². The monoisotopic (exact) mass is 605 g/mol. The van der Waals surface area contributed by atoms with Crippen LogP contribution in [0.1, 0.15) is 73.9 Å². The van der Waals surface area contributed by atoms with Crippen molar-refractivity contribution in [3.63, 3.8) is 0 Å². The Kier molecular flexibility index (Phi) is 9.82. The molecule has 0 unspecified atom stereocenters. The number of rotatable bonds is 8. The normalized spacial score (nSPS) is 17.1. The van der Waals surface area contributed by atoms with Crippen LogP contribution in [0, 0.1) is 5.82 Å². The van der Waals surface area contributed by atoms with Gasteiger partial charge in [0.1, 0.15) is 35.9 Å². The molecule has 1 aliphatic rings. The van der Waals surface area contributed by atoms with E-state index in [1.54, 1.807) is 46.8 Å². The molecule has 2 atom stereocenters. The quantitative estimate of drug-likeness (QED) is 0.303. The van der Waals surface area contributed by atoms with E-state index in [1.807, 2.05) is 0 Å². The first-order chi connectivity index (χ1) is 19.5. The smallest absolute Gasteiger partial charge is 0.408 e. The van der Waals surface area contributed by atoms with Gasteiger partial charge in [-0.2, -0.15) is 0 Å². The van der Waals surface area contributed by atoms with Gasteiger partial charge in [0.2, 0.25) is 5.91 Å². The van der Waals surface area contributed by atoms with Gasteiger partial charge in [0.25, 0.3) is 5.91 Å². The number of hydrogen-bond acceptors (Lipinski definition) is 8. The largest absolute Gasteiger partial charge is 0.484 e. The lowest BCUT2D eigenvalue weighted by atomic mass is 9.85. The second kappa shape index (κ2) is 12.8. The van der Waals surface area contributed by atoms with E-state index >= 15 is 0 Å². The highest BCUT2D eigenvalue weighted by molar-refractivity contribution is 6.31. The van der Waals surface area contributed by atoms with Crippen LogP contribution in [0.2, 0.25) is 5.02 Å². The van der Waals surface area contributed by atoms with Crippen molar-refractivity contribution in [1.29, 1.82) is 0 Å². The van der Waals surface area contributed by atoms with Crippen LogP contribution in [0.15, 0.2) is 36.4 Å². The van der Waals surface area contributed by atoms with Crippen LogP contribution in [-0.4, -0.2) is 60.1 Å². The van der Waals surface area contributed by atoms with Crippen LogP contribution in [0.4, 0.5) is 9.18 Å². The predicted octanol–water partition coefficient (Wildman–Crippen LogP) is 3.88. The number of esters is 1. The third kappa shape index (κ3) is 8.41. The summed E-state index contributed by atoms with van der Waals surface area (Å²) in [5, 5.41) is 7.17. The van der Waals surface area contributed by atoms with E-state index in [1.165, 1.54) is 19.1 Å². The highest BCUT2D eigenvalue weighted by Crippen LogP contribution is 2.42. The number of ketones is 1. The number of alkyl carbamates (subject to hydrolysis) is 1. The van der Waals surface area contributed by atoms with Crippen molar-refractivity contribution in [3.8, 4) is 5.75 Å². The molecule has 226 valence electrons. The lowest BCUT2D eigenvalue weighted by Gasteiger charge is -2.44. The second-order valence-corrected chi connectivity index (χ2v) is 11.5. The summed E-state index contributed by atoms with van der Waals surface area (Å²) in [5.41, 5.74) is -1.20. The van der Waals surface area contributed by atoms with Gasteiger partial charge in [-0.05, 0) is 77.9 Å². The van der Waals surface area contributed by atoms with Crippen molar-refractivity contribution in [2.45, 2.75) is 64.9 Å². The zero-order chi connectivity index (χ0) is 31.4. The fourth-order valence-electron chi connectivity index (χ4n) is 4.12. The van der Waals surface area contributed by atoms with Crippen molar-refractivity contribution in [2.75, 3.05) is 13.1 Å². The fourth-order valence-corrected chi connectivity index (χ4v) is 4.30. The summed E-state index contributed by atoms with van der Waals surface area (Å²) in [6.07, 6.45) is -1.94. The number of carbonyl (C=O) groups is 5. The summed E-state index contributed by atoms with van der Waals surface area (Å²) in [7, 11) is 0. The molecule has 3 N–H and O–H groups in total. The SMILES string of the molecule is CC(=O)c1ccc2c(c1)[C@@H](NC(=O)c1ccc(F)c(Cl)c1)[C@H](OC(=O)CNC(=O)CNC(=O)OC(C)(C)C)C(C)(C)O2. The second-order valence-electron chi connectivity index (χ2n) is 11.1. The van der Waals surface area contributed by atoms with E-state index in [9.17, 15) is 28.4 Å². The summed E-state index contributed by atoms with van der Waals surface area (Å²) in [6.45, 7) is 8.67. The number of hydrogen-bond donors (Lipinski definition) is 3. The minimum Gasteiger partial charge on any atom is -0.484 e. The van der Waals surface area contributed by atoms with Gasteiger partial charge in [0, 0.05) is 16.7 Å².